The molecule has 1 aromatic carbocycles. The van der Waals surface area contributed by atoms with Gasteiger partial charge < -0.3 is 20.7 Å². The second-order valence-electron chi connectivity index (χ2n) is 6.21. The van der Waals surface area contributed by atoms with Crippen molar-refractivity contribution in [1.82, 2.24) is 10.6 Å². The molecule has 3 rings (SSSR count). The average Bonchev–Trinajstić information content (AvgIpc) is 2.55. The highest BCUT2D eigenvalue weighted by Crippen LogP contribution is 2.22. The molecule has 2 aliphatic rings. The molecule has 1 aliphatic carbocycles. The van der Waals surface area contributed by atoms with Gasteiger partial charge in [0.1, 0.15) is 5.75 Å². The lowest BCUT2D eigenvalue weighted by atomic mass is 9.87. The largest absolute Gasteiger partial charge is 0.497 e. The number of piperazine rings is 1. The minimum atomic E-state index is -0.458. The molecule has 0 aromatic heterocycles. The average molecular weight is 317 g/mol. The normalized spacial score (nSPS) is 26.8. The van der Waals surface area contributed by atoms with Gasteiger partial charge >= 0.3 is 0 Å². The molecule has 2 amide bonds. The maximum Gasteiger partial charge on any atom is 0.237 e. The van der Waals surface area contributed by atoms with E-state index in [1.807, 2.05) is 12.1 Å². The lowest BCUT2D eigenvalue weighted by molar-refractivity contribution is -0.129. The van der Waals surface area contributed by atoms with Gasteiger partial charge in [-0.2, -0.15) is 0 Å². The summed E-state index contributed by atoms with van der Waals surface area (Å²) in [7, 11) is 1.58. The highest BCUT2D eigenvalue weighted by atomic mass is 16.5. The number of benzene rings is 1. The van der Waals surface area contributed by atoms with Crippen LogP contribution < -0.4 is 20.7 Å². The van der Waals surface area contributed by atoms with Gasteiger partial charge in [0.25, 0.3) is 0 Å². The second kappa shape index (κ2) is 7.00. The van der Waals surface area contributed by atoms with Crippen molar-refractivity contribution in [3.63, 3.8) is 0 Å². The number of carbonyl (C=O) groups excluding carboxylic acids is 2. The van der Waals surface area contributed by atoms with Crippen molar-refractivity contribution in [3.8, 4) is 5.75 Å². The SMILES string of the molecule is COc1cccc(NC(=O)C[C@@H]2N[C@@H]3CCCC[C@@H]3NC2=O)c1. The van der Waals surface area contributed by atoms with E-state index in [0.717, 1.165) is 19.3 Å². The summed E-state index contributed by atoms with van der Waals surface area (Å²) in [6.45, 7) is 0. The van der Waals surface area contributed by atoms with E-state index in [0.29, 0.717) is 11.4 Å². The first-order valence-electron chi connectivity index (χ1n) is 8.16. The van der Waals surface area contributed by atoms with Crippen molar-refractivity contribution in [1.29, 1.82) is 0 Å². The van der Waals surface area contributed by atoms with Crippen molar-refractivity contribution < 1.29 is 14.3 Å². The van der Waals surface area contributed by atoms with Crippen LogP contribution in [-0.2, 0) is 9.59 Å². The molecule has 1 aromatic rings. The van der Waals surface area contributed by atoms with E-state index < -0.39 is 6.04 Å². The summed E-state index contributed by atoms with van der Waals surface area (Å²) in [5.74, 6) is 0.426. The van der Waals surface area contributed by atoms with Crippen LogP contribution in [0.3, 0.4) is 0 Å². The Morgan fingerprint density at radius 2 is 2.09 bits per heavy atom. The highest BCUT2D eigenvalue weighted by Gasteiger charge is 2.36. The first kappa shape index (κ1) is 15.8. The number of ether oxygens (including phenoxy) is 1. The molecule has 23 heavy (non-hydrogen) atoms. The van der Waals surface area contributed by atoms with Gasteiger partial charge in [-0.3, -0.25) is 9.59 Å². The van der Waals surface area contributed by atoms with Crippen molar-refractivity contribution >= 4 is 17.5 Å². The van der Waals surface area contributed by atoms with Gasteiger partial charge in [-0.25, -0.2) is 0 Å². The molecule has 0 spiro atoms. The molecule has 2 fully saturated rings. The maximum absolute atomic E-state index is 12.2. The number of hydrogen-bond acceptors (Lipinski definition) is 4. The number of amides is 2. The van der Waals surface area contributed by atoms with Gasteiger partial charge in [-0.05, 0) is 25.0 Å². The monoisotopic (exact) mass is 317 g/mol. The molecule has 1 aliphatic heterocycles. The molecule has 1 heterocycles. The Labute approximate surface area is 136 Å². The molecule has 0 unspecified atom stereocenters. The van der Waals surface area contributed by atoms with Gasteiger partial charge in [0.05, 0.1) is 19.6 Å². The van der Waals surface area contributed by atoms with Crippen LogP contribution in [0.2, 0.25) is 0 Å². The molecule has 3 atom stereocenters. The van der Waals surface area contributed by atoms with Gasteiger partial charge in [0.15, 0.2) is 0 Å². The summed E-state index contributed by atoms with van der Waals surface area (Å²) in [6.07, 6.45) is 4.54. The van der Waals surface area contributed by atoms with Crippen molar-refractivity contribution in [2.75, 3.05) is 12.4 Å². The quantitative estimate of drug-likeness (QED) is 0.785. The van der Waals surface area contributed by atoms with Crippen LogP contribution >= 0.6 is 0 Å². The molecule has 124 valence electrons. The molecule has 6 nitrogen and oxygen atoms in total. The Morgan fingerprint density at radius 1 is 1.30 bits per heavy atom. The molecule has 0 radical (unpaired) electrons. The fourth-order valence-corrected chi connectivity index (χ4v) is 3.37. The molecule has 6 heteroatoms. The Morgan fingerprint density at radius 3 is 2.87 bits per heavy atom. The van der Waals surface area contributed by atoms with Crippen LogP contribution in [0.5, 0.6) is 5.75 Å². The van der Waals surface area contributed by atoms with Crippen LogP contribution in [-0.4, -0.2) is 37.0 Å². The smallest absolute Gasteiger partial charge is 0.237 e. The number of hydrogen-bond donors (Lipinski definition) is 3. The van der Waals surface area contributed by atoms with Crippen LogP contribution in [0, 0.1) is 0 Å². The number of anilines is 1. The summed E-state index contributed by atoms with van der Waals surface area (Å²) in [6, 6.07) is 7.22. The lowest BCUT2D eigenvalue weighted by Gasteiger charge is -2.40. The molecule has 3 N–H and O–H groups in total. The Bertz CT molecular complexity index is 590. The first-order valence-corrected chi connectivity index (χ1v) is 8.16. The van der Waals surface area contributed by atoms with Crippen molar-refractivity contribution in [2.45, 2.75) is 50.2 Å². The van der Waals surface area contributed by atoms with Crippen LogP contribution in [0.15, 0.2) is 24.3 Å². The highest BCUT2D eigenvalue weighted by molar-refractivity contribution is 5.95. The van der Waals surface area contributed by atoms with Gasteiger partial charge in [-0.15, -0.1) is 0 Å². The first-order chi connectivity index (χ1) is 11.2. The molecule has 0 bridgehead atoms. The predicted octanol–water partition coefficient (Wildman–Crippen LogP) is 1.42. The zero-order valence-corrected chi connectivity index (χ0v) is 13.3. The number of fused-ring (bicyclic) bond motifs is 1. The van der Waals surface area contributed by atoms with Crippen LogP contribution in [0.25, 0.3) is 0 Å². The standard InChI is InChI=1S/C17H23N3O3/c1-23-12-6-4-5-11(9-12)18-16(21)10-15-17(22)20-14-8-3-2-7-13(14)19-15/h4-6,9,13-15,19H,2-3,7-8,10H2,1H3,(H,18,21)(H,20,22)/t13-,14+,15+/m1/s1. The fourth-order valence-electron chi connectivity index (χ4n) is 3.37. The minimum absolute atomic E-state index is 0.0751. The topological polar surface area (TPSA) is 79.5 Å². The number of carbonyl (C=O) groups is 2. The van der Waals surface area contributed by atoms with E-state index in [-0.39, 0.29) is 30.3 Å². The third-order valence-electron chi connectivity index (χ3n) is 4.57. The van der Waals surface area contributed by atoms with Crippen LogP contribution in [0.4, 0.5) is 5.69 Å². The van der Waals surface area contributed by atoms with E-state index in [9.17, 15) is 9.59 Å². The molecular formula is C17H23N3O3. The number of rotatable bonds is 4. The fraction of sp³-hybridized carbons (Fsp3) is 0.529. The van der Waals surface area contributed by atoms with E-state index in [4.69, 9.17) is 4.74 Å². The molecule has 1 saturated carbocycles. The number of nitrogens with one attached hydrogen (secondary N) is 3. The third kappa shape index (κ3) is 3.82. The summed E-state index contributed by atoms with van der Waals surface area (Å²) < 4.78 is 5.13. The van der Waals surface area contributed by atoms with Crippen LogP contribution in [0.1, 0.15) is 32.1 Å². The summed E-state index contributed by atoms with van der Waals surface area (Å²) in [4.78, 5) is 24.4. The minimum Gasteiger partial charge on any atom is -0.497 e. The Balaban J connectivity index is 1.57. The molecular weight excluding hydrogens is 294 g/mol. The zero-order valence-electron chi connectivity index (χ0n) is 13.3. The Kier molecular flexibility index (Phi) is 4.81. The second-order valence-corrected chi connectivity index (χ2v) is 6.21. The van der Waals surface area contributed by atoms with Gasteiger partial charge in [-0.1, -0.05) is 18.9 Å². The summed E-state index contributed by atoms with van der Waals surface area (Å²) in [5, 5.41) is 9.22. The van der Waals surface area contributed by atoms with Crippen molar-refractivity contribution in [2.24, 2.45) is 0 Å². The van der Waals surface area contributed by atoms with E-state index >= 15 is 0 Å². The van der Waals surface area contributed by atoms with E-state index in [2.05, 4.69) is 16.0 Å². The van der Waals surface area contributed by atoms with E-state index in [1.54, 1.807) is 19.2 Å². The zero-order chi connectivity index (χ0) is 16.2. The van der Waals surface area contributed by atoms with Crippen molar-refractivity contribution in [3.05, 3.63) is 24.3 Å². The molecule has 1 saturated heterocycles. The summed E-state index contributed by atoms with van der Waals surface area (Å²) >= 11 is 0. The predicted molar refractivity (Wildman–Crippen MR) is 87.4 cm³/mol. The Hall–Kier alpha value is -2.08. The van der Waals surface area contributed by atoms with E-state index in [1.165, 1.54) is 6.42 Å². The number of methoxy groups -OCH3 is 1. The maximum atomic E-state index is 12.2. The summed E-state index contributed by atoms with van der Waals surface area (Å²) in [5.41, 5.74) is 0.668. The third-order valence-corrected chi connectivity index (χ3v) is 4.57. The lowest BCUT2D eigenvalue weighted by Crippen LogP contribution is -2.65. The van der Waals surface area contributed by atoms with Gasteiger partial charge in [0, 0.05) is 23.8 Å². The van der Waals surface area contributed by atoms with Gasteiger partial charge in [0.2, 0.25) is 11.8 Å².